The third-order valence-electron chi connectivity index (χ3n) is 6.22. The maximum absolute atomic E-state index is 12.7. The molecule has 1 aromatic carbocycles. The van der Waals surface area contributed by atoms with Gasteiger partial charge >= 0.3 is 0 Å². The number of anilines is 1. The van der Waals surface area contributed by atoms with E-state index >= 15 is 0 Å². The van der Waals surface area contributed by atoms with Crippen LogP contribution in [-0.4, -0.2) is 50.2 Å². The molecule has 1 aliphatic heterocycles. The van der Waals surface area contributed by atoms with E-state index in [0.29, 0.717) is 17.8 Å². The summed E-state index contributed by atoms with van der Waals surface area (Å²) in [6.07, 6.45) is 5.70. The molecule has 1 saturated carbocycles. The van der Waals surface area contributed by atoms with Gasteiger partial charge in [-0.15, -0.1) is 0 Å². The molecule has 2 aromatic heterocycles. The number of aromatic nitrogens is 4. The minimum Gasteiger partial charge on any atom is -0.369 e. The van der Waals surface area contributed by atoms with Gasteiger partial charge in [0.1, 0.15) is 5.82 Å². The lowest BCUT2D eigenvalue weighted by Crippen LogP contribution is -2.46. The summed E-state index contributed by atoms with van der Waals surface area (Å²) in [7, 11) is 1.77. The van der Waals surface area contributed by atoms with Crippen LogP contribution >= 0.6 is 0 Å². The Hall–Kier alpha value is -3.00. The minimum absolute atomic E-state index is 0.0292. The second-order valence-corrected chi connectivity index (χ2v) is 8.37. The summed E-state index contributed by atoms with van der Waals surface area (Å²) in [5, 5.41) is 0.691. The minimum atomic E-state index is -0.0292. The van der Waals surface area contributed by atoms with Crippen molar-refractivity contribution in [1.29, 1.82) is 0 Å². The standard InChI is InChI=1S/C22H26N6O2/c1-25-20(23-7-6-21(25)29)14-26-8-10-27(11-9-26)17-4-5-18-19(12-17)24-15-28(22(18)30)13-16-2-3-16/h4-7,12,15-16H,2-3,8-11,13-14H2,1H3. The SMILES string of the molecule is Cn1c(CN2CCN(c3ccc4c(=O)n(CC5CC5)cnc4c3)CC2)nccc1=O. The molecule has 0 amide bonds. The van der Waals surface area contributed by atoms with E-state index in [4.69, 9.17) is 0 Å². The molecule has 0 atom stereocenters. The number of nitrogens with zero attached hydrogens (tertiary/aromatic N) is 6. The molecule has 2 fully saturated rings. The summed E-state index contributed by atoms with van der Waals surface area (Å²) >= 11 is 0. The Morgan fingerprint density at radius 3 is 2.60 bits per heavy atom. The number of fused-ring (bicyclic) bond motifs is 1. The molecule has 5 rings (SSSR count). The van der Waals surface area contributed by atoms with Gasteiger partial charge in [-0.05, 0) is 37.0 Å². The summed E-state index contributed by atoms with van der Waals surface area (Å²) in [5.41, 5.74) is 1.89. The first-order valence-electron chi connectivity index (χ1n) is 10.6. The van der Waals surface area contributed by atoms with E-state index in [2.05, 4.69) is 19.8 Å². The van der Waals surface area contributed by atoms with Crippen LogP contribution in [0.5, 0.6) is 0 Å². The molecular weight excluding hydrogens is 380 g/mol. The van der Waals surface area contributed by atoms with Gasteiger partial charge in [-0.2, -0.15) is 0 Å². The van der Waals surface area contributed by atoms with Crippen LogP contribution in [-0.2, 0) is 20.1 Å². The average Bonchev–Trinajstić information content (AvgIpc) is 3.58. The molecule has 2 aliphatic rings. The van der Waals surface area contributed by atoms with Gasteiger partial charge in [-0.25, -0.2) is 9.97 Å². The van der Waals surface area contributed by atoms with Crippen molar-refractivity contribution < 1.29 is 0 Å². The molecule has 0 unspecified atom stereocenters. The lowest BCUT2D eigenvalue weighted by molar-refractivity contribution is 0.240. The first-order valence-corrected chi connectivity index (χ1v) is 10.6. The molecule has 0 bridgehead atoms. The molecule has 8 nitrogen and oxygen atoms in total. The highest BCUT2D eigenvalue weighted by atomic mass is 16.1. The summed E-state index contributed by atoms with van der Waals surface area (Å²) in [6, 6.07) is 7.46. The third-order valence-corrected chi connectivity index (χ3v) is 6.22. The Morgan fingerprint density at radius 1 is 1.03 bits per heavy atom. The Bertz CT molecular complexity index is 1190. The molecule has 1 saturated heterocycles. The van der Waals surface area contributed by atoms with Crippen molar-refractivity contribution in [2.45, 2.75) is 25.9 Å². The highest BCUT2D eigenvalue weighted by Gasteiger charge is 2.23. The van der Waals surface area contributed by atoms with E-state index in [0.717, 1.165) is 49.8 Å². The van der Waals surface area contributed by atoms with Gasteiger partial charge in [0.15, 0.2) is 0 Å². The van der Waals surface area contributed by atoms with Crippen LogP contribution in [0.2, 0.25) is 0 Å². The Kier molecular flexibility index (Phi) is 4.86. The van der Waals surface area contributed by atoms with Gasteiger partial charge < -0.3 is 4.90 Å². The van der Waals surface area contributed by atoms with Gasteiger partial charge in [0.25, 0.3) is 11.1 Å². The van der Waals surface area contributed by atoms with E-state index < -0.39 is 0 Å². The smallest absolute Gasteiger partial charge is 0.261 e. The van der Waals surface area contributed by atoms with Crippen LogP contribution in [0.4, 0.5) is 5.69 Å². The van der Waals surface area contributed by atoms with Crippen molar-refractivity contribution in [3.05, 3.63) is 63.3 Å². The van der Waals surface area contributed by atoms with Gasteiger partial charge in [0.2, 0.25) is 0 Å². The molecule has 1 aliphatic carbocycles. The highest BCUT2D eigenvalue weighted by molar-refractivity contribution is 5.81. The molecule has 0 N–H and O–H groups in total. The van der Waals surface area contributed by atoms with E-state index in [1.807, 2.05) is 18.2 Å². The molecule has 156 valence electrons. The van der Waals surface area contributed by atoms with Crippen LogP contribution in [0.1, 0.15) is 18.7 Å². The van der Waals surface area contributed by atoms with Crippen molar-refractivity contribution in [3.63, 3.8) is 0 Å². The Balaban J connectivity index is 1.28. The maximum Gasteiger partial charge on any atom is 0.261 e. The van der Waals surface area contributed by atoms with Crippen molar-refractivity contribution in [1.82, 2.24) is 24.0 Å². The van der Waals surface area contributed by atoms with E-state index in [9.17, 15) is 9.59 Å². The topological polar surface area (TPSA) is 76.3 Å². The summed E-state index contributed by atoms with van der Waals surface area (Å²) in [5.74, 6) is 1.43. The lowest BCUT2D eigenvalue weighted by Gasteiger charge is -2.36. The third kappa shape index (κ3) is 3.75. The zero-order valence-corrected chi connectivity index (χ0v) is 17.2. The number of rotatable bonds is 5. The zero-order valence-electron chi connectivity index (χ0n) is 17.2. The summed E-state index contributed by atoms with van der Waals surface area (Å²) < 4.78 is 3.36. The second kappa shape index (κ2) is 7.68. The highest BCUT2D eigenvalue weighted by Crippen LogP contribution is 2.30. The zero-order chi connectivity index (χ0) is 20.7. The predicted molar refractivity (Wildman–Crippen MR) is 116 cm³/mol. The van der Waals surface area contributed by atoms with Crippen LogP contribution in [0.15, 0.2) is 46.4 Å². The number of hydrogen-bond acceptors (Lipinski definition) is 6. The molecule has 0 spiro atoms. The van der Waals surface area contributed by atoms with Gasteiger partial charge in [0, 0.05) is 57.7 Å². The van der Waals surface area contributed by atoms with Gasteiger partial charge in [-0.1, -0.05) is 0 Å². The van der Waals surface area contributed by atoms with Crippen molar-refractivity contribution in [2.75, 3.05) is 31.1 Å². The largest absolute Gasteiger partial charge is 0.369 e. The maximum atomic E-state index is 12.7. The van der Waals surface area contributed by atoms with Crippen LogP contribution < -0.4 is 16.0 Å². The first-order chi connectivity index (χ1) is 14.6. The first kappa shape index (κ1) is 19.0. The Labute approximate surface area is 174 Å². The van der Waals surface area contributed by atoms with Gasteiger partial charge in [-0.3, -0.25) is 23.6 Å². The monoisotopic (exact) mass is 406 g/mol. The summed E-state index contributed by atoms with van der Waals surface area (Å²) in [6.45, 7) is 4.99. The molecule has 3 heterocycles. The molecule has 3 aromatic rings. The fourth-order valence-corrected chi connectivity index (χ4v) is 4.08. The number of piperazine rings is 1. The fraction of sp³-hybridized carbons (Fsp3) is 0.455. The average molecular weight is 406 g/mol. The molecule has 30 heavy (non-hydrogen) atoms. The van der Waals surface area contributed by atoms with Gasteiger partial charge in [0.05, 0.1) is 23.8 Å². The Morgan fingerprint density at radius 2 is 1.83 bits per heavy atom. The van der Waals surface area contributed by atoms with Crippen molar-refractivity contribution in [3.8, 4) is 0 Å². The van der Waals surface area contributed by atoms with Crippen LogP contribution in [0.25, 0.3) is 10.9 Å². The number of benzene rings is 1. The van der Waals surface area contributed by atoms with E-state index in [1.54, 1.807) is 28.7 Å². The normalized spacial score (nSPS) is 17.6. The second-order valence-electron chi connectivity index (χ2n) is 8.37. The number of hydrogen-bond donors (Lipinski definition) is 0. The quantitative estimate of drug-likeness (QED) is 0.634. The van der Waals surface area contributed by atoms with Crippen LogP contribution in [0, 0.1) is 5.92 Å². The fourth-order valence-electron chi connectivity index (χ4n) is 4.08. The lowest BCUT2D eigenvalue weighted by atomic mass is 10.2. The molecule has 0 radical (unpaired) electrons. The van der Waals surface area contributed by atoms with Crippen LogP contribution in [0.3, 0.4) is 0 Å². The van der Waals surface area contributed by atoms with Crippen molar-refractivity contribution >= 4 is 16.6 Å². The predicted octanol–water partition coefficient (Wildman–Crippen LogP) is 1.22. The van der Waals surface area contributed by atoms with E-state index in [-0.39, 0.29) is 11.1 Å². The molecular formula is C22H26N6O2. The van der Waals surface area contributed by atoms with Crippen molar-refractivity contribution in [2.24, 2.45) is 13.0 Å². The van der Waals surface area contributed by atoms with E-state index in [1.165, 1.54) is 18.9 Å². The summed E-state index contributed by atoms with van der Waals surface area (Å²) in [4.78, 5) is 38.1. The molecule has 8 heteroatoms.